The maximum atomic E-state index is 11.8. The third kappa shape index (κ3) is 7.98. The third-order valence-corrected chi connectivity index (χ3v) is 5.26. The molecule has 7 heteroatoms. The highest BCUT2D eigenvalue weighted by atomic mass is 127. The Morgan fingerprint density at radius 1 is 1.12 bits per heavy atom. The highest BCUT2D eigenvalue weighted by Crippen LogP contribution is 2.25. The van der Waals surface area contributed by atoms with Gasteiger partial charge in [-0.15, -0.1) is 24.0 Å². The van der Waals surface area contributed by atoms with Gasteiger partial charge in [-0.3, -0.25) is 4.79 Å². The van der Waals surface area contributed by atoms with Crippen molar-refractivity contribution < 1.29 is 4.79 Å². The van der Waals surface area contributed by atoms with Crippen LogP contribution in [0.15, 0.2) is 4.99 Å². The summed E-state index contributed by atoms with van der Waals surface area (Å²) in [6.45, 7) is 6.73. The van der Waals surface area contributed by atoms with Crippen LogP contribution in [0.4, 0.5) is 0 Å². The minimum atomic E-state index is 0. The molecule has 1 amide bonds. The number of carbonyl (C=O) groups excluding carboxylic acids is 1. The third-order valence-electron chi connectivity index (χ3n) is 5.26. The standard InChI is InChI=1S/C19H37N5O.HI/c1-15(2)21-19(20-14-18(25)23(3)4)22-16-10-12-24(13-11-16)17-8-6-5-7-9-17;/h15-17H,5-14H2,1-4H3,(H2,20,21,22);1H. The molecule has 6 nitrogen and oxygen atoms in total. The van der Waals surface area contributed by atoms with Gasteiger partial charge in [0.05, 0.1) is 0 Å². The second-order valence-electron chi connectivity index (χ2n) is 8.00. The number of piperidine rings is 1. The van der Waals surface area contributed by atoms with Crippen LogP contribution in [0.3, 0.4) is 0 Å². The highest BCUT2D eigenvalue weighted by Gasteiger charge is 2.26. The summed E-state index contributed by atoms with van der Waals surface area (Å²) in [6.07, 6.45) is 9.28. The molecule has 1 heterocycles. The minimum Gasteiger partial charge on any atom is -0.354 e. The second-order valence-corrected chi connectivity index (χ2v) is 8.00. The van der Waals surface area contributed by atoms with E-state index in [0.29, 0.717) is 12.1 Å². The Hall–Kier alpha value is -0.570. The molecular formula is C19H38IN5O. The lowest BCUT2D eigenvalue weighted by Gasteiger charge is -2.39. The Morgan fingerprint density at radius 3 is 2.27 bits per heavy atom. The van der Waals surface area contributed by atoms with Gasteiger partial charge in [-0.2, -0.15) is 0 Å². The van der Waals surface area contributed by atoms with Gasteiger partial charge in [0.1, 0.15) is 6.54 Å². The normalized spacial score (nSPS) is 20.6. The van der Waals surface area contributed by atoms with Gasteiger partial charge in [0.2, 0.25) is 5.91 Å². The number of hydrogen-bond donors (Lipinski definition) is 2. The van der Waals surface area contributed by atoms with Gasteiger partial charge >= 0.3 is 0 Å². The molecule has 0 spiro atoms. The number of amides is 1. The fourth-order valence-electron chi connectivity index (χ4n) is 3.74. The zero-order valence-corrected chi connectivity index (χ0v) is 19.3. The molecule has 0 unspecified atom stereocenters. The van der Waals surface area contributed by atoms with Crippen LogP contribution in [-0.4, -0.2) is 73.5 Å². The van der Waals surface area contributed by atoms with Gasteiger partial charge in [0, 0.05) is 45.3 Å². The first-order valence-corrected chi connectivity index (χ1v) is 9.97. The molecule has 26 heavy (non-hydrogen) atoms. The summed E-state index contributed by atoms with van der Waals surface area (Å²) in [7, 11) is 3.53. The molecule has 2 aliphatic rings. The second kappa shape index (κ2) is 12.0. The van der Waals surface area contributed by atoms with Crippen molar-refractivity contribution >= 4 is 35.8 Å². The summed E-state index contributed by atoms with van der Waals surface area (Å²) >= 11 is 0. The molecule has 0 radical (unpaired) electrons. The summed E-state index contributed by atoms with van der Waals surface area (Å²) in [5, 5.41) is 6.90. The van der Waals surface area contributed by atoms with Crippen LogP contribution in [0.2, 0.25) is 0 Å². The smallest absolute Gasteiger partial charge is 0.243 e. The molecule has 1 aliphatic carbocycles. The molecular weight excluding hydrogens is 441 g/mol. The maximum Gasteiger partial charge on any atom is 0.243 e. The topological polar surface area (TPSA) is 60.0 Å². The van der Waals surface area contributed by atoms with Crippen molar-refractivity contribution in [3.8, 4) is 0 Å². The fraction of sp³-hybridized carbons (Fsp3) is 0.895. The van der Waals surface area contributed by atoms with Crippen molar-refractivity contribution in [3.05, 3.63) is 0 Å². The first-order valence-electron chi connectivity index (χ1n) is 9.97. The van der Waals surface area contributed by atoms with Crippen molar-refractivity contribution in [1.82, 2.24) is 20.4 Å². The molecule has 1 saturated heterocycles. The Bertz CT molecular complexity index is 441. The summed E-state index contributed by atoms with van der Waals surface area (Å²) in [5.74, 6) is 0.790. The minimum absolute atomic E-state index is 0. The monoisotopic (exact) mass is 479 g/mol. The SMILES string of the molecule is CC(C)NC(=NCC(=O)N(C)C)NC1CCN(C2CCCCC2)CC1.I. The summed E-state index contributed by atoms with van der Waals surface area (Å²) < 4.78 is 0. The average molecular weight is 479 g/mol. The molecule has 0 atom stereocenters. The molecule has 1 aliphatic heterocycles. The number of nitrogens with one attached hydrogen (secondary N) is 2. The van der Waals surface area contributed by atoms with Crippen LogP contribution < -0.4 is 10.6 Å². The van der Waals surface area contributed by atoms with E-state index in [1.165, 1.54) is 45.2 Å². The number of hydrogen-bond acceptors (Lipinski definition) is 3. The molecule has 152 valence electrons. The van der Waals surface area contributed by atoms with Gasteiger partial charge in [-0.25, -0.2) is 4.99 Å². The highest BCUT2D eigenvalue weighted by molar-refractivity contribution is 14.0. The van der Waals surface area contributed by atoms with Gasteiger partial charge in [-0.1, -0.05) is 19.3 Å². The number of halogens is 1. The molecule has 0 bridgehead atoms. The fourth-order valence-corrected chi connectivity index (χ4v) is 3.74. The van der Waals surface area contributed by atoms with Crippen LogP contribution in [0.25, 0.3) is 0 Å². The van der Waals surface area contributed by atoms with Crippen LogP contribution >= 0.6 is 24.0 Å². The van der Waals surface area contributed by atoms with E-state index in [2.05, 4.69) is 34.4 Å². The van der Waals surface area contributed by atoms with E-state index in [1.807, 2.05) is 0 Å². The van der Waals surface area contributed by atoms with Crippen LogP contribution in [0, 0.1) is 0 Å². The predicted molar refractivity (Wildman–Crippen MR) is 119 cm³/mol. The van der Waals surface area contributed by atoms with E-state index in [0.717, 1.165) is 24.8 Å². The van der Waals surface area contributed by atoms with Gasteiger partial charge in [0.15, 0.2) is 5.96 Å². The zero-order chi connectivity index (χ0) is 18.2. The predicted octanol–water partition coefficient (Wildman–Crippen LogP) is 2.43. The number of nitrogens with zero attached hydrogens (tertiary/aromatic N) is 3. The van der Waals surface area contributed by atoms with E-state index < -0.39 is 0 Å². The number of aliphatic imine (C=N–C) groups is 1. The molecule has 1 saturated carbocycles. The van der Waals surface area contributed by atoms with Crippen molar-refractivity contribution in [2.24, 2.45) is 4.99 Å². The quantitative estimate of drug-likeness (QED) is 0.362. The summed E-state index contributed by atoms with van der Waals surface area (Å²) in [5.41, 5.74) is 0. The number of likely N-dealkylation sites (N-methyl/N-ethyl adjacent to an activating group) is 1. The van der Waals surface area contributed by atoms with E-state index in [9.17, 15) is 4.79 Å². The van der Waals surface area contributed by atoms with Crippen LogP contribution in [-0.2, 0) is 4.79 Å². The van der Waals surface area contributed by atoms with Crippen LogP contribution in [0.5, 0.6) is 0 Å². The number of guanidine groups is 1. The summed E-state index contributed by atoms with van der Waals surface area (Å²) in [4.78, 5) is 20.6. The Labute approximate surface area is 176 Å². The molecule has 2 N–H and O–H groups in total. The lowest BCUT2D eigenvalue weighted by molar-refractivity contribution is -0.127. The Balaban J connectivity index is 0.00000338. The average Bonchev–Trinajstić information content (AvgIpc) is 2.60. The van der Waals surface area contributed by atoms with Gasteiger partial charge in [0.25, 0.3) is 0 Å². The largest absolute Gasteiger partial charge is 0.354 e. The lowest BCUT2D eigenvalue weighted by Crippen LogP contribution is -2.52. The Kier molecular flexibility index (Phi) is 10.8. The van der Waals surface area contributed by atoms with Crippen molar-refractivity contribution in [3.63, 3.8) is 0 Å². The molecule has 2 rings (SSSR count). The van der Waals surface area contributed by atoms with Crippen molar-refractivity contribution in [2.45, 2.75) is 76.9 Å². The molecule has 0 aromatic heterocycles. The molecule has 2 fully saturated rings. The van der Waals surface area contributed by atoms with Crippen molar-refractivity contribution in [2.75, 3.05) is 33.7 Å². The molecule has 0 aromatic rings. The zero-order valence-electron chi connectivity index (χ0n) is 17.0. The van der Waals surface area contributed by atoms with E-state index in [1.54, 1.807) is 19.0 Å². The van der Waals surface area contributed by atoms with Gasteiger partial charge in [-0.05, 0) is 39.5 Å². The first kappa shape index (κ1) is 23.5. The van der Waals surface area contributed by atoms with Crippen LogP contribution in [0.1, 0.15) is 58.8 Å². The van der Waals surface area contributed by atoms with E-state index >= 15 is 0 Å². The number of carbonyl (C=O) groups is 1. The summed E-state index contributed by atoms with van der Waals surface area (Å²) in [6, 6.07) is 1.55. The van der Waals surface area contributed by atoms with Crippen molar-refractivity contribution in [1.29, 1.82) is 0 Å². The van der Waals surface area contributed by atoms with Gasteiger partial charge < -0.3 is 20.4 Å². The maximum absolute atomic E-state index is 11.8. The molecule has 0 aromatic carbocycles. The lowest BCUT2D eigenvalue weighted by atomic mass is 9.92. The Morgan fingerprint density at radius 2 is 1.73 bits per heavy atom. The number of likely N-dealkylation sites (tertiary alicyclic amines) is 1. The number of rotatable bonds is 5. The van der Waals surface area contributed by atoms with E-state index in [-0.39, 0.29) is 36.4 Å². The first-order chi connectivity index (χ1) is 12.0. The van der Waals surface area contributed by atoms with E-state index in [4.69, 9.17) is 0 Å².